The summed E-state index contributed by atoms with van der Waals surface area (Å²) in [6.07, 6.45) is 0. The van der Waals surface area contributed by atoms with Crippen LogP contribution in [-0.2, 0) is 37.4 Å². The lowest BCUT2D eigenvalue weighted by atomic mass is 10.2. The van der Waals surface area contributed by atoms with Gasteiger partial charge in [0.05, 0.1) is 31.2 Å². The highest BCUT2D eigenvalue weighted by atomic mass is 32.2. The van der Waals surface area contributed by atoms with Crippen molar-refractivity contribution in [2.24, 2.45) is 0 Å². The lowest BCUT2D eigenvalue weighted by Crippen LogP contribution is -2.47. The van der Waals surface area contributed by atoms with Gasteiger partial charge in [0.25, 0.3) is 0 Å². The van der Waals surface area contributed by atoms with E-state index >= 15 is 0 Å². The summed E-state index contributed by atoms with van der Waals surface area (Å²) in [6, 6.07) is 15.2. The van der Waals surface area contributed by atoms with E-state index in [0.29, 0.717) is 55.6 Å². The summed E-state index contributed by atoms with van der Waals surface area (Å²) < 4.78 is 53.4. The molecule has 0 atom stereocenters. The van der Waals surface area contributed by atoms with Gasteiger partial charge in [-0.2, -0.15) is 4.31 Å². The quantitative estimate of drug-likeness (QED) is 0.347. The van der Waals surface area contributed by atoms with Gasteiger partial charge < -0.3 is 19.4 Å². The first-order valence-corrected chi connectivity index (χ1v) is 14.8. The number of amides is 2. The number of morpholine rings is 1. The van der Waals surface area contributed by atoms with Crippen molar-refractivity contribution in [1.29, 1.82) is 0 Å². The van der Waals surface area contributed by atoms with Gasteiger partial charge in [-0.15, -0.1) is 0 Å². The van der Waals surface area contributed by atoms with Crippen LogP contribution in [0.25, 0.3) is 0 Å². The fourth-order valence-electron chi connectivity index (χ4n) is 4.48. The molecule has 4 rings (SSSR count). The van der Waals surface area contributed by atoms with Crippen molar-refractivity contribution in [3.63, 3.8) is 0 Å². The minimum absolute atomic E-state index is 0.00752. The molecule has 0 radical (unpaired) electrons. The predicted molar refractivity (Wildman–Crippen MR) is 151 cm³/mol. The number of nitrogens with zero attached hydrogens (tertiary/aromatic N) is 3. The van der Waals surface area contributed by atoms with Gasteiger partial charge in [-0.3, -0.25) is 14.5 Å². The van der Waals surface area contributed by atoms with Gasteiger partial charge in [0.15, 0.2) is 0 Å². The standard InChI is InChI=1S/C29H35FN4O6S/c1-22-3-10-27(40-22)20-33(19-24-4-6-25(30)7-5-24)29(36)21-34(14-13-32-15-17-39-18-16-32)41(37,38)28-11-8-26(9-12-28)31-23(2)35/h3-12H,13-21H2,1-2H3,(H,31,35). The highest BCUT2D eigenvalue weighted by molar-refractivity contribution is 7.89. The molecule has 41 heavy (non-hydrogen) atoms. The van der Waals surface area contributed by atoms with Crippen LogP contribution in [0, 0.1) is 12.7 Å². The van der Waals surface area contributed by atoms with Crippen LogP contribution in [0.1, 0.15) is 24.0 Å². The largest absolute Gasteiger partial charge is 0.464 e. The monoisotopic (exact) mass is 586 g/mol. The van der Waals surface area contributed by atoms with E-state index in [0.717, 1.165) is 0 Å². The molecule has 0 bridgehead atoms. The molecule has 1 N–H and O–H groups in total. The fraction of sp³-hybridized carbons (Fsp3) is 0.379. The number of hydrogen-bond acceptors (Lipinski definition) is 7. The molecule has 0 unspecified atom stereocenters. The Hall–Kier alpha value is -3.58. The van der Waals surface area contributed by atoms with Crippen molar-refractivity contribution in [3.05, 3.63) is 83.6 Å². The van der Waals surface area contributed by atoms with Gasteiger partial charge in [0, 0.05) is 45.3 Å². The Bertz CT molecular complexity index is 1420. The molecule has 1 aromatic heterocycles. The third-order valence-electron chi connectivity index (χ3n) is 6.68. The van der Waals surface area contributed by atoms with E-state index < -0.39 is 28.3 Å². The van der Waals surface area contributed by atoms with E-state index in [2.05, 4.69) is 10.2 Å². The van der Waals surface area contributed by atoms with Gasteiger partial charge in [0.1, 0.15) is 17.3 Å². The maximum atomic E-state index is 13.8. The van der Waals surface area contributed by atoms with E-state index in [9.17, 15) is 22.4 Å². The normalized spacial score (nSPS) is 14.2. The summed E-state index contributed by atoms with van der Waals surface area (Å²) in [5, 5.41) is 2.62. The maximum Gasteiger partial charge on any atom is 0.243 e. The lowest BCUT2D eigenvalue weighted by molar-refractivity contribution is -0.133. The number of hydrogen-bond donors (Lipinski definition) is 1. The molecule has 1 aliphatic heterocycles. The molecule has 2 amide bonds. The van der Waals surface area contributed by atoms with Crippen molar-refractivity contribution in [1.82, 2.24) is 14.1 Å². The molecule has 2 heterocycles. The summed E-state index contributed by atoms with van der Waals surface area (Å²) in [5.41, 5.74) is 1.16. The highest BCUT2D eigenvalue weighted by Crippen LogP contribution is 2.20. The van der Waals surface area contributed by atoms with E-state index in [1.807, 2.05) is 0 Å². The molecule has 1 aliphatic rings. The van der Waals surface area contributed by atoms with Crippen molar-refractivity contribution in [2.75, 3.05) is 51.3 Å². The van der Waals surface area contributed by atoms with Crippen molar-refractivity contribution in [2.45, 2.75) is 31.8 Å². The van der Waals surface area contributed by atoms with Gasteiger partial charge in [-0.05, 0) is 61.0 Å². The molecule has 0 aliphatic carbocycles. The predicted octanol–water partition coefficient (Wildman–Crippen LogP) is 3.24. The van der Waals surface area contributed by atoms with Crippen LogP contribution < -0.4 is 5.32 Å². The minimum atomic E-state index is -4.08. The first-order chi connectivity index (χ1) is 19.6. The van der Waals surface area contributed by atoms with E-state index in [-0.39, 0.29) is 30.4 Å². The molecular weight excluding hydrogens is 551 g/mol. The Kier molecular flexibility index (Phi) is 10.3. The second-order valence-electron chi connectivity index (χ2n) is 9.89. The number of anilines is 1. The van der Waals surface area contributed by atoms with Crippen LogP contribution in [0.15, 0.2) is 70.0 Å². The highest BCUT2D eigenvalue weighted by Gasteiger charge is 2.30. The topological polar surface area (TPSA) is 112 Å². The van der Waals surface area contributed by atoms with Crippen molar-refractivity contribution >= 4 is 27.5 Å². The molecule has 1 saturated heterocycles. The van der Waals surface area contributed by atoms with Crippen LogP contribution in [-0.4, -0.2) is 80.3 Å². The Morgan fingerprint density at radius 1 is 0.976 bits per heavy atom. The summed E-state index contributed by atoms with van der Waals surface area (Å²) in [7, 11) is -4.08. The number of ether oxygens (including phenoxy) is 1. The van der Waals surface area contributed by atoms with Crippen LogP contribution in [0.3, 0.4) is 0 Å². The van der Waals surface area contributed by atoms with Crippen LogP contribution in [0.4, 0.5) is 10.1 Å². The molecule has 10 nitrogen and oxygen atoms in total. The molecule has 12 heteroatoms. The average molecular weight is 587 g/mol. The zero-order valence-corrected chi connectivity index (χ0v) is 24.0. The van der Waals surface area contributed by atoms with Crippen LogP contribution >= 0.6 is 0 Å². The molecule has 3 aromatic rings. The van der Waals surface area contributed by atoms with Crippen molar-refractivity contribution in [3.8, 4) is 0 Å². The number of carbonyl (C=O) groups is 2. The second-order valence-corrected chi connectivity index (χ2v) is 11.8. The second kappa shape index (κ2) is 13.9. The molecule has 1 fully saturated rings. The minimum Gasteiger partial charge on any atom is -0.464 e. The summed E-state index contributed by atoms with van der Waals surface area (Å²) in [5.74, 6) is 0.147. The van der Waals surface area contributed by atoms with E-state index in [1.165, 1.54) is 52.5 Å². The van der Waals surface area contributed by atoms with Crippen LogP contribution in [0.5, 0.6) is 0 Å². The van der Waals surface area contributed by atoms with Gasteiger partial charge in [-0.25, -0.2) is 12.8 Å². The SMILES string of the molecule is CC(=O)Nc1ccc(S(=O)(=O)N(CCN2CCOCC2)CC(=O)N(Cc2ccc(F)cc2)Cc2ccc(C)o2)cc1. The number of furan rings is 1. The first kappa shape index (κ1) is 30.4. The van der Waals surface area contributed by atoms with E-state index in [4.69, 9.17) is 9.15 Å². The summed E-state index contributed by atoms with van der Waals surface area (Å²) in [6.45, 7) is 5.99. The fourth-order valence-corrected chi connectivity index (χ4v) is 5.86. The Balaban J connectivity index is 1.58. The molecule has 0 saturated carbocycles. The number of rotatable bonds is 12. The smallest absolute Gasteiger partial charge is 0.243 e. The maximum absolute atomic E-state index is 13.8. The first-order valence-electron chi connectivity index (χ1n) is 13.4. The third-order valence-corrected chi connectivity index (χ3v) is 8.53. The van der Waals surface area contributed by atoms with Gasteiger partial charge in [0.2, 0.25) is 21.8 Å². The van der Waals surface area contributed by atoms with E-state index in [1.54, 1.807) is 31.2 Å². The number of benzene rings is 2. The Labute approximate surface area is 239 Å². The summed E-state index contributed by atoms with van der Waals surface area (Å²) in [4.78, 5) is 28.8. The molecular formula is C29H35FN4O6S. The van der Waals surface area contributed by atoms with Gasteiger partial charge in [-0.1, -0.05) is 12.1 Å². The lowest BCUT2D eigenvalue weighted by Gasteiger charge is -2.31. The van der Waals surface area contributed by atoms with Crippen molar-refractivity contribution < 1.29 is 31.6 Å². The number of carbonyl (C=O) groups excluding carboxylic acids is 2. The van der Waals surface area contributed by atoms with Crippen LogP contribution in [0.2, 0.25) is 0 Å². The zero-order chi connectivity index (χ0) is 29.4. The third kappa shape index (κ3) is 8.70. The number of nitrogens with one attached hydrogen (secondary N) is 1. The number of sulfonamides is 1. The summed E-state index contributed by atoms with van der Waals surface area (Å²) >= 11 is 0. The van der Waals surface area contributed by atoms with Gasteiger partial charge >= 0.3 is 0 Å². The number of aryl methyl sites for hydroxylation is 1. The number of halogens is 1. The molecule has 220 valence electrons. The molecule has 0 spiro atoms. The zero-order valence-electron chi connectivity index (χ0n) is 23.2. The Morgan fingerprint density at radius 2 is 1.66 bits per heavy atom. The average Bonchev–Trinajstić information content (AvgIpc) is 3.36. The molecule has 2 aromatic carbocycles. The Morgan fingerprint density at radius 3 is 2.27 bits per heavy atom.